The van der Waals surface area contributed by atoms with Gasteiger partial charge in [0, 0.05) is 6.20 Å². The molecule has 1 aromatic carbocycles. The van der Waals surface area contributed by atoms with E-state index in [0.29, 0.717) is 12.3 Å². The molecule has 0 radical (unpaired) electrons. The van der Waals surface area contributed by atoms with E-state index in [-0.39, 0.29) is 3.71 Å². The predicted molar refractivity (Wildman–Crippen MR) is 92.6 cm³/mol. The van der Waals surface area contributed by atoms with Gasteiger partial charge in [-0.2, -0.15) is 25.3 Å². The zero-order chi connectivity index (χ0) is 22.0. The molecule has 1 aromatic heterocycles. The standard InChI is InChI=1S/C12H10F3N5O6S3/c13-12(14,15)9-5-6-16-10(17-9)18-11(21)20(27)29(25,26)8-4-2-1-3-7(8)28(23,24)19-22/h1-6,19,22,27H,(H,16,17,18,21). The van der Waals surface area contributed by atoms with Crippen molar-refractivity contribution in [3.05, 3.63) is 42.2 Å². The van der Waals surface area contributed by atoms with E-state index in [1.54, 1.807) is 5.32 Å². The first-order valence-corrected chi connectivity index (χ1v) is 10.3. The minimum Gasteiger partial charge on any atom is -0.302 e. The van der Waals surface area contributed by atoms with Gasteiger partial charge < -0.3 is 5.21 Å². The first-order valence-electron chi connectivity index (χ1n) is 7.01. The number of urea groups is 1. The highest BCUT2D eigenvalue weighted by molar-refractivity contribution is 8.01. The number of benzene rings is 1. The fourth-order valence-electron chi connectivity index (χ4n) is 1.86. The lowest BCUT2D eigenvalue weighted by Gasteiger charge is -2.18. The van der Waals surface area contributed by atoms with E-state index in [9.17, 15) is 34.8 Å². The number of thiol groups is 1. The van der Waals surface area contributed by atoms with Gasteiger partial charge in [-0.05, 0) is 31.0 Å². The van der Waals surface area contributed by atoms with Crippen LogP contribution in [0.15, 0.2) is 46.3 Å². The molecular weight excluding hydrogens is 463 g/mol. The van der Waals surface area contributed by atoms with Crippen molar-refractivity contribution in [1.82, 2.24) is 18.6 Å². The lowest BCUT2D eigenvalue weighted by atomic mass is 10.4. The zero-order valence-corrected chi connectivity index (χ0v) is 16.2. The average Bonchev–Trinajstić information content (AvgIpc) is 2.66. The molecule has 0 unspecified atom stereocenters. The summed E-state index contributed by atoms with van der Waals surface area (Å²) in [6.45, 7) is 0. The summed E-state index contributed by atoms with van der Waals surface area (Å²) in [5, 5.41) is 10.4. The van der Waals surface area contributed by atoms with Crippen molar-refractivity contribution >= 4 is 44.8 Å². The van der Waals surface area contributed by atoms with E-state index >= 15 is 0 Å². The second-order valence-electron chi connectivity index (χ2n) is 4.98. The Morgan fingerprint density at radius 3 is 2.24 bits per heavy atom. The molecule has 1 heterocycles. The fourth-order valence-corrected chi connectivity index (χ4v) is 4.53. The monoisotopic (exact) mass is 473 g/mol. The summed E-state index contributed by atoms with van der Waals surface area (Å²) in [7, 11) is -9.61. The van der Waals surface area contributed by atoms with Crippen LogP contribution in [0.1, 0.15) is 5.69 Å². The quantitative estimate of drug-likeness (QED) is 0.373. The molecule has 0 bridgehead atoms. The Labute approximate surface area is 167 Å². The number of amides is 2. The van der Waals surface area contributed by atoms with E-state index < -0.39 is 53.7 Å². The molecule has 11 nitrogen and oxygen atoms in total. The van der Waals surface area contributed by atoms with E-state index in [0.717, 1.165) is 29.2 Å². The van der Waals surface area contributed by atoms with Gasteiger partial charge in [-0.15, -0.1) is 0 Å². The Morgan fingerprint density at radius 2 is 1.69 bits per heavy atom. The molecule has 2 rings (SSSR count). The van der Waals surface area contributed by atoms with Crippen LogP contribution >= 0.6 is 12.8 Å². The Bertz CT molecular complexity index is 1140. The Kier molecular flexibility index (Phi) is 6.38. The molecule has 17 heteroatoms. The second-order valence-corrected chi connectivity index (χ2v) is 9.04. The van der Waals surface area contributed by atoms with Crippen molar-refractivity contribution < 1.29 is 40.0 Å². The molecule has 29 heavy (non-hydrogen) atoms. The van der Waals surface area contributed by atoms with E-state index in [1.165, 1.54) is 0 Å². The summed E-state index contributed by atoms with van der Waals surface area (Å²) in [5.74, 6) is -0.878. The summed E-state index contributed by atoms with van der Waals surface area (Å²) in [5.41, 5.74) is -1.40. The Morgan fingerprint density at radius 1 is 1.10 bits per heavy atom. The highest BCUT2D eigenvalue weighted by atomic mass is 32.3. The van der Waals surface area contributed by atoms with Crippen molar-refractivity contribution in [3.63, 3.8) is 0 Å². The van der Waals surface area contributed by atoms with Gasteiger partial charge in [-0.1, -0.05) is 17.0 Å². The van der Waals surface area contributed by atoms with Crippen LogP contribution in [0.5, 0.6) is 0 Å². The summed E-state index contributed by atoms with van der Waals surface area (Å²) in [6.07, 6.45) is -4.17. The highest BCUT2D eigenvalue weighted by Crippen LogP contribution is 2.28. The number of sulfonamides is 2. The normalized spacial score (nSPS) is 12.4. The summed E-state index contributed by atoms with van der Waals surface area (Å²) < 4.78 is 86.4. The second kappa shape index (κ2) is 8.11. The van der Waals surface area contributed by atoms with Gasteiger partial charge in [0.1, 0.15) is 15.5 Å². The lowest BCUT2D eigenvalue weighted by molar-refractivity contribution is -0.141. The number of halogens is 3. The molecule has 0 saturated carbocycles. The minimum atomic E-state index is -4.94. The van der Waals surface area contributed by atoms with Gasteiger partial charge in [-0.3, -0.25) is 5.32 Å². The van der Waals surface area contributed by atoms with Crippen molar-refractivity contribution in [3.8, 4) is 0 Å². The van der Waals surface area contributed by atoms with Crippen molar-refractivity contribution in [1.29, 1.82) is 0 Å². The Hall–Kier alpha value is -2.47. The average molecular weight is 473 g/mol. The largest absolute Gasteiger partial charge is 0.433 e. The smallest absolute Gasteiger partial charge is 0.302 e. The first kappa shape index (κ1) is 22.8. The van der Waals surface area contributed by atoms with Gasteiger partial charge in [0.2, 0.25) is 5.95 Å². The van der Waals surface area contributed by atoms with Crippen LogP contribution in [-0.2, 0) is 26.2 Å². The third-order valence-corrected chi connectivity index (χ3v) is 6.77. The molecule has 0 fully saturated rings. The molecular formula is C12H10F3N5O6S3. The molecule has 3 N–H and O–H groups in total. The van der Waals surface area contributed by atoms with Gasteiger partial charge in [0.15, 0.2) is 0 Å². The lowest BCUT2D eigenvalue weighted by Crippen LogP contribution is -2.34. The van der Waals surface area contributed by atoms with Crippen LogP contribution in [0.25, 0.3) is 0 Å². The Balaban J connectivity index is 2.38. The van der Waals surface area contributed by atoms with Crippen molar-refractivity contribution in [2.75, 3.05) is 5.32 Å². The van der Waals surface area contributed by atoms with Crippen LogP contribution < -0.4 is 10.2 Å². The number of aromatic nitrogens is 2. The van der Waals surface area contributed by atoms with Crippen LogP contribution in [0.4, 0.5) is 23.9 Å². The maximum atomic E-state index is 12.7. The van der Waals surface area contributed by atoms with Gasteiger partial charge in [-0.25, -0.2) is 23.2 Å². The maximum Gasteiger partial charge on any atom is 0.433 e. The maximum absolute atomic E-state index is 12.7. The molecule has 2 aromatic rings. The number of anilines is 1. The van der Waals surface area contributed by atoms with E-state index in [2.05, 4.69) is 22.8 Å². The third-order valence-electron chi connectivity index (χ3n) is 3.10. The molecule has 0 aliphatic carbocycles. The van der Waals surface area contributed by atoms with Crippen molar-refractivity contribution in [2.24, 2.45) is 0 Å². The molecule has 158 valence electrons. The van der Waals surface area contributed by atoms with Crippen LogP contribution in [0, 0.1) is 0 Å². The van der Waals surface area contributed by atoms with Crippen LogP contribution in [0.3, 0.4) is 0 Å². The molecule has 0 spiro atoms. The molecule has 0 aliphatic heterocycles. The number of rotatable bonds is 5. The number of nitrogens with zero attached hydrogens (tertiary/aromatic N) is 3. The molecule has 0 saturated heterocycles. The number of nitrogens with one attached hydrogen (secondary N) is 2. The zero-order valence-electron chi connectivity index (χ0n) is 13.7. The topological polar surface area (TPSA) is 159 Å². The number of hydrogen-bond acceptors (Lipinski definition) is 9. The number of carbonyl (C=O) groups is 1. The summed E-state index contributed by atoms with van der Waals surface area (Å²) in [4.78, 5) is 17.6. The molecule has 0 atom stereocenters. The summed E-state index contributed by atoms with van der Waals surface area (Å²) in [6, 6.07) is 2.81. The molecule has 0 aliphatic rings. The predicted octanol–water partition coefficient (Wildman–Crippen LogP) is 1.23. The highest BCUT2D eigenvalue weighted by Gasteiger charge is 2.35. The van der Waals surface area contributed by atoms with E-state index in [1.807, 2.05) is 0 Å². The van der Waals surface area contributed by atoms with Gasteiger partial charge >= 0.3 is 12.2 Å². The SMILES string of the molecule is O=C(Nc1nccc(C(F)(F)F)n1)N(S)S(=O)(=O)c1ccccc1S(=O)(=O)NO. The van der Waals surface area contributed by atoms with Crippen molar-refractivity contribution in [2.45, 2.75) is 16.0 Å². The van der Waals surface area contributed by atoms with Gasteiger partial charge in [0.25, 0.3) is 20.0 Å². The molecule has 2 amide bonds. The number of alkyl halides is 3. The number of hydrogen-bond donors (Lipinski definition) is 4. The minimum absolute atomic E-state index is 0.262. The van der Waals surface area contributed by atoms with Gasteiger partial charge in [0.05, 0.1) is 0 Å². The van der Waals surface area contributed by atoms with Crippen LogP contribution in [0.2, 0.25) is 0 Å². The summed E-state index contributed by atoms with van der Waals surface area (Å²) >= 11 is 3.48. The first-order chi connectivity index (χ1) is 13.3. The fraction of sp³-hybridized carbons (Fsp3) is 0.0833. The van der Waals surface area contributed by atoms with E-state index in [4.69, 9.17) is 5.21 Å². The van der Waals surface area contributed by atoms with Crippen LogP contribution in [-0.4, -0.2) is 41.8 Å². The number of carbonyl (C=O) groups excluding carboxylic acids is 1. The third kappa shape index (κ3) is 4.93.